The molecule has 0 amide bonds. The summed E-state index contributed by atoms with van der Waals surface area (Å²) in [5.74, 6) is 1.48. The Hall–Kier alpha value is -3.14. The van der Waals surface area contributed by atoms with Crippen molar-refractivity contribution >= 4 is 22.7 Å². The molecule has 4 nitrogen and oxygen atoms in total. The van der Waals surface area contributed by atoms with Crippen molar-refractivity contribution in [3.05, 3.63) is 72.8 Å². The first kappa shape index (κ1) is 13.8. The predicted octanol–water partition coefficient (Wildman–Crippen LogP) is 4.39. The Morgan fingerprint density at radius 3 is 1.91 bits per heavy atom. The molecule has 0 aliphatic carbocycles. The van der Waals surface area contributed by atoms with E-state index in [-0.39, 0.29) is 0 Å². The summed E-state index contributed by atoms with van der Waals surface area (Å²) in [4.78, 5) is 0. The SMILES string of the molecule is Nc1ccc(Nc2ccc(Oc3cccc(N)c3)cc2)cc1. The van der Waals surface area contributed by atoms with Crippen molar-refractivity contribution in [3.63, 3.8) is 0 Å². The minimum absolute atomic E-state index is 0.680. The summed E-state index contributed by atoms with van der Waals surface area (Å²) in [6.07, 6.45) is 0. The zero-order valence-electron chi connectivity index (χ0n) is 12.0. The second-order valence-electron chi connectivity index (χ2n) is 4.95. The number of anilines is 4. The highest BCUT2D eigenvalue weighted by Gasteiger charge is 1.99. The van der Waals surface area contributed by atoms with E-state index in [4.69, 9.17) is 16.2 Å². The molecule has 22 heavy (non-hydrogen) atoms. The van der Waals surface area contributed by atoms with Crippen LogP contribution in [0.1, 0.15) is 0 Å². The fraction of sp³-hybridized carbons (Fsp3) is 0. The Morgan fingerprint density at radius 2 is 1.27 bits per heavy atom. The minimum Gasteiger partial charge on any atom is -0.457 e. The highest BCUT2D eigenvalue weighted by Crippen LogP contribution is 2.25. The molecule has 0 atom stereocenters. The van der Waals surface area contributed by atoms with Gasteiger partial charge in [0.15, 0.2) is 0 Å². The minimum atomic E-state index is 0.680. The number of hydrogen-bond donors (Lipinski definition) is 3. The molecule has 0 saturated heterocycles. The molecule has 110 valence electrons. The van der Waals surface area contributed by atoms with Crippen molar-refractivity contribution in [2.45, 2.75) is 0 Å². The molecule has 0 radical (unpaired) electrons. The summed E-state index contributed by atoms with van der Waals surface area (Å²) < 4.78 is 5.76. The average molecular weight is 291 g/mol. The standard InChI is InChI=1S/C18H17N3O/c19-13-4-6-15(7-5-13)21-16-8-10-17(11-9-16)22-18-3-1-2-14(20)12-18/h1-12,21H,19-20H2. The molecule has 0 unspecified atom stereocenters. The molecule has 0 saturated carbocycles. The zero-order chi connectivity index (χ0) is 15.4. The molecular formula is C18H17N3O. The molecular weight excluding hydrogens is 274 g/mol. The Labute approximate surface area is 129 Å². The van der Waals surface area contributed by atoms with E-state index in [1.54, 1.807) is 6.07 Å². The van der Waals surface area contributed by atoms with Crippen LogP contribution >= 0.6 is 0 Å². The Bertz CT molecular complexity index is 752. The van der Waals surface area contributed by atoms with Gasteiger partial charge in [-0.3, -0.25) is 0 Å². The van der Waals surface area contributed by atoms with Crippen molar-refractivity contribution in [2.24, 2.45) is 0 Å². The summed E-state index contributed by atoms with van der Waals surface area (Å²) in [7, 11) is 0. The van der Waals surface area contributed by atoms with E-state index in [0.29, 0.717) is 5.69 Å². The third-order valence-corrected chi connectivity index (χ3v) is 3.15. The summed E-state index contributed by atoms with van der Waals surface area (Å²) in [6, 6.07) is 22.7. The van der Waals surface area contributed by atoms with Crippen LogP contribution in [0, 0.1) is 0 Å². The van der Waals surface area contributed by atoms with Crippen LogP contribution in [0.2, 0.25) is 0 Å². The van der Waals surface area contributed by atoms with Crippen molar-refractivity contribution < 1.29 is 4.74 Å². The van der Waals surface area contributed by atoms with E-state index >= 15 is 0 Å². The van der Waals surface area contributed by atoms with Crippen LogP contribution < -0.4 is 21.5 Å². The van der Waals surface area contributed by atoms with Gasteiger partial charge in [-0.05, 0) is 60.7 Å². The van der Waals surface area contributed by atoms with E-state index in [1.807, 2.05) is 66.7 Å². The molecule has 0 aliphatic rings. The average Bonchev–Trinajstić information content (AvgIpc) is 2.52. The first-order chi connectivity index (χ1) is 10.7. The van der Waals surface area contributed by atoms with Crippen LogP contribution in [-0.4, -0.2) is 0 Å². The van der Waals surface area contributed by atoms with Gasteiger partial charge in [0, 0.05) is 28.8 Å². The van der Waals surface area contributed by atoms with Crippen molar-refractivity contribution in [3.8, 4) is 11.5 Å². The zero-order valence-corrected chi connectivity index (χ0v) is 12.0. The molecule has 5 N–H and O–H groups in total. The molecule has 0 spiro atoms. The summed E-state index contributed by atoms with van der Waals surface area (Å²) in [5.41, 5.74) is 14.8. The maximum Gasteiger partial charge on any atom is 0.129 e. The number of benzene rings is 3. The molecule has 3 rings (SSSR count). The molecule has 0 fully saturated rings. The molecule has 3 aromatic rings. The number of nitrogens with one attached hydrogen (secondary N) is 1. The third-order valence-electron chi connectivity index (χ3n) is 3.15. The number of hydrogen-bond acceptors (Lipinski definition) is 4. The van der Waals surface area contributed by atoms with Crippen LogP contribution in [0.3, 0.4) is 0 Å². The normalized spacial score (nSPS) is 10.2. The Morgan fingerprint density at radius 1 is 0.636 bits per heavy atom. The first-order valence-corrected chi connectivity index (χ1v) is 6.95. The molecule has 3 aromatic carbocycles. The molecule has 0 aromatic heterocycles. The Balaban J connectivity index is 1.68. The van der Waals surface area contributed by atoms with Gasteiger partial charge in [-0.25, -0.2) is 0 Å². The fourth-order valence-electron chi connectivity index (χ4n) is 2.05. The van der Waals surface area contributed by atoms with Gasteiger partial charge in [0.1, 0.15) is 11.5 Å². The van der Waals surface area contributed by atoms with Gasteiger partial charge >= 0.3 is 0 Å². The molecule has 0 aliphatic heterocycles. The number of nitrogens with two attached hydrogens (primary N) is 2. The van der Waals surface area contributed by atoms with Crippen molar-refractivity contribution in [1.29, 1.82) is 0 Å². The molecule has 0 heterocycles. The van der Waals surface area contributed by atoms with E-state index in [1.165, 1.54) is 0 Å². The largest absolute Gasteiger partial charge is 0.457 e. The summed E-state index contributed by atoms with van der Waals surface area (Å²) >= 11 is 0. The van der Waals surface area contributed by atoms with Gasteiger partial charge in [0.2, 0.25) is 0 Å². The predicted molar refractivity (Wildman–Crippen MR) is 91.5 cm³/mol. The second kappa shape index (κ2) is 6.10. The second-order valence-corrected chi connectivity index (χ2v) is 4.95. The summed E-state index contributed by atoms with van der Waals surface area (Å²) in [5, 5.41) is 3.30. The van der Waals surface area contributed by atoms with E-state index in [9.17, 15) is 0 Å². The van der Waals surface area contributed by atoms with Gasteiger partial charge in [-0.2, -0.15) is 0 Å². The van der Waals surface area contributed by atoms with Crippen molar-refractivity contribution in [2.75, 3.05) is 16.8 Å². The monoisotopic (exact) mass is 291 g/mol. The summed E-state index contributed by atoms with van der Waals surface area (Å²) in [6.45, 7) is 0. The maximum absolute atomic E-state index is 5.76. The van der Waals surface area contributed by atoms with E-state index in [0.717, 1.165) is 28.6 Å². The number of ether oxygens (including phenoxy) is 1. The molecule has 4 heteroatoms. The maximum atomic E-state index is 5.76. The molecule has 0 bridgehead atoms. The van der Waals surface area contributed by atoms with Crippen LogP contribution in [0.25, 0.3) is 0 Å². The van der Waals surface area contributed by atoms with E-state index in [2.05, 4.69) is 5.32 Å². The van der Waals surface area contributed by atoms with Gasteiger partial charge in [-0.1, -0.05) is 6.07 Å². The van der Waals surface area contributed by atoms with Crippen LogP contribution in [0.15, 0.2) is 72.8 Å². The lowest BCUT2D eigenvalue weighted by molar-refractivity contribution is 0.483. The number of rotatable bonds is 4. The smallest absolute Gasteiger partial charge is 0.129 e. The Kier molecular flexibility index (Phi) is 3.83. The third kappa shape index (κ3) is 3.49. The lowest BCUT2D eigenvalue weighted by atomic mass is 10.2. The number of nitrogen functional groups attached to an aromatic ring is 2. The van der Waals surface area contributed by atoms with Crippen LogP contribution in [0.4, 0.5) is 22.7 Å². The van der Waals surface area contributed by atoms with Crippen LogP contribution in [0.5, 0.6) is 11.5 Å². The van der Waals surface area contributed by atoms with Crippen molar-refractivity contribution in [1.82, 2.24) is 0 Å². The fourth-order valence-corrected chi connectivity index (χ4v) is 2.05. The van der Waals surface area contributed by atoms with Gasteiger partial charge in [-0.15, -0.1) is 0 Å². The lowest BCUT2D eigenvalue weighted by Crippen LogP contribution is -1.92. The topological polar surface area (TPSA) is 73.3 Å². The quantitative estimate of drug-likeness (QED) is 0.623. The van der Waals surface area contributed by atoms with E-state index < -0.39 is 0 Å². The van der Waals surface area contributed by atoms with Gasteiger partial charge in [0.05, 0.1) is 0 Å². The van der Waals surface area contributed by atoms with Gasteiger partial charge < -0.3 is 21.5 Å². The van der Waals surface area contributed by atoms with Gasteiger partial charge in [0.25, 0.3) is 0 Å². The van der Waals surface area contributed by atoms with Crippen LogP contribution in [-0.2, 0) is 0 Å². The lowest BCUT2D eigenvalue weighted by Gasteiger charge is -2.09. The highest BCUT2D eigenvalue weighted by molar-refractivity contribution is 5.62. The first-order valence-electron chi connectivity index (χ1n) is 6.95. The highest BCUT2D eigenvalue weighted by atomic mass is 16.5.